The molecule has 17 heavy (non-hydrogen) atoms. The molecular weight excluding hydrogens is 222 g/mol. The molecule has 1 fully saturated rings. The van der Waals surface area contributed by atoms with Crippen LogP contribution in [0.3, 0.4) is 0 Å². The third kappa shape index (κ3) is 3.13. The van der Waals surface area contributed by atoms with Gasteiger partial charge in [0.15, 0.2) is 5.69 Å². The summed E-state index contributed by atoms with van der Waals surface area (Å²) in [7, 11) is 0. The van der Waals surface area contributed by atoms with Crippen LogP contribution in [0.2, 0.25) is 0 Å². The van der Waals surface area contributed by atoms with Crippen molar-refractivity contribution in [2.75, 3.05) is 11.9 Å². The Morgan fingerprint density at radius 2 is 2.24 bits per heavy atom. The average Bonchev–Trinajstić information content (AvgIpc) is 2.73. The van der Waals surface area contributed by atoms with Crippen molar-refractivity contribution in [2.45, 2.75) is 25.4 Å². The molecule has 0 amide bonds. The summed E-state index contributed by atoms with van der Waals surface area (Å²) in [5.41, 5.74) is -0.0631. The quantitative estimate of drug-likeness (QED) is 0.715. The molecule has 6 nitrogen and oxygen atoms in total. The van der Waals surface area contributed by atoms with Crippen LogP contribution in [0.25, 0.3) is 0 Å². The molecule has 1 heterocycles. The van der Waals surface area contributed by atoms with Crippen molar-refractivity contribution < 1.29 is 15.0 Å². The SMILES string of the molecule is O=C(O)c1ccc(NCC2CCC(O)C2)nn1. The van der Waals surface area contributed by atoms with Crippen molar-refractivity contribution in [3.63, 3.8) is 0 Å². The van der Waals surface area contributed by atoms with E-state index in [-0.39, 0.29) is 11.8 Å². The molecule has 6 heteroatoms. The van der Waals surface area contributed by atoms with Gasteiger partial charge in [0.05, 0.1) is 6.10 Å². The van der Waals surface area contributed by atoms with E-state index in [2.05, 4.69) is 15.5 Å². The highest BCUT2D eigenvalue weighted by Crippen LogP contribution is 2.25. The van der Waals surface area contributed by atoms with Crippen LogP contribution in [0.4, 0.5) is 5.82 Å². The summed E-state index contributed by atoms with van der Waals surface area (Å²) in [5, 5.41) is 28.5. The second-order valence-electron chi connectivity index (χ2n) is 4.32. The first kappa shape index (κ1) is 11.8. The topological polar surface area (TPSA) is 95.3 Å². The van der Waals surface area contributed by atoms with Gasteiger partial charge in [-0.05, 0) is 37.3 Å². The lowest BCUT2D eigenvalue weighted by Crippen LogP contribution is -2.14. The van der Waals surface area contributed by atoms with Crippen molar-refractivity contribution >= 4 is 11.8 Å². The maximum atomic E-state index is 10.6. The van der Waals surface area contributed by atoms with E-state index in [1.165, 1.54) is 6.07 Å². The fourth-order valence-corrected chi connectivity index (χ4v) is 2.02. The lowest BCUT2D eigenvalue weighted by Gasteiger charge is -2.10. The third-order valence-corrected chi connectivity index (χ3v) is 2.97. The van der Waals surface area contributed by atoms with E-state index in [4.69, 9.17) is 5.11 Å². The number of hydrogen-bond donors (Lipinski definition) is 3. The van der Waals surface area contributed by atoms with Gasteiger partial charge in [-0.2, -0.15) is 0 Å². The summed E-state index contributed by atoms with van der Waals surface area (Å²) >= 11 is 0. The number of aliphatic hydroxyl groups excluding tert-OH is 1. The Balaban J connectivity index is 1.85. The van der Waals surface area contributed by atoms with Crippen LogP contribution in [-0.4, -0.2) is 39.0 Å². The molecule has 1 saturated carbocycles. The number of carboxylic acid groups (broad SMARTS) is 1. The van der Waals surface area contributed by atoms with Gasteiger partial charge in [0, 0.05) is 6.54 Å². The van der Waals surface area contributed by atoms with Crippen LogP contribution in [0.1, 0.15) is 29.8 Å². The first-order chi connectivity index (χ1) is 8.15. The van der Waals surface area contributed by atoms with Gasteiger partial charge in [0.25, 0.3) is 0 Å². The molecule has 2 unspecified atom stereocenters. The summed E-state index contributed by atoms with van der Waals surface area (Å²) in [6.07, 6.45) is 2.50. The molecule has 92 valence electrons. The van der Waals surface area contributed by atoms with Gasteiger partial charge >= 0.3 is 5.97 Å². The summed E-state index contributed by atoms with van der Waals surface area (Å²) in [6.45, 7) is 0.734. The Morgan fingerprint density at radius 1 is 1.41 bits per heavy atom. The van der Waals surface area contributed by atoms with Gasteiger partial charge in [0.2, 0.25) is 0 Å². The predicted octanol–water partition coefficient (Wildman–Crippen LogP) is 0.748. The summed E-state index contributed by atoms with van der Waals surface area (Å²) < 4.78 is 0. The monoisotopic (exact) mass is 237 g/mol. The Labute approximate surface area is 98.7 Å². The van der Waals surface area contributed by atoms with Crippen molar-refractivity contribution in [2.24, 2.45) is 5.92 Å². The molecule has 0 saturated heterocycles. The van der Waals surface area contributed by atoms with Gasteiger partial charge in [-0.25, -0.2) is 4.79 Å². The van der Waals surface area contributed by atoms with E-state index >= 15 is 0 Å². The lowest BCUT2D eigenvalue weighted by atomic mass is 10.1. The summed E-state index contributed by atoms with van der Waals surface area (Å²) in [6, 6.07) is 3.02. The van der Waals surface area contributed by atoms with Crippen molar-refractivity contribution in [3.8, 4) is 0 Å². The second-order valence-corrected chi connectivity index (χ2v) is 4.32. The maximum Gasteiger partial charge on any atom is 0.356 e. The summed E-state index contributed by atoms with van der Waals surface area (Å²) in [4.78, 5) is 10.6. The van der Waals surface area contributed by atoms with Crippen molar-refractivity contribution in [3.05, 3.63) is 17.8 Å². The molecule has 1 aliphatic rings. The van der Waals surface area contributed by atoms with Gasteiger partial charge in [-0.1, -0.05) is 0 Å². The molecule has 2 atom stereocenters. The number of carbonyl (C=O) groups is 1. The summed E-state index contributed by atoms with van der Waals surface area (Å²) in [5.74, 6) is -0.0645. The first-order valence-electron chi connectivity index (χ1n) is 5.64. The average molecular weight is 237 g/mol. The zero-order chi connectivity index (χ0) is 12.3. The van der Waals surface area contributed by atoms with E-state index < -0.39 is 5.97 Å². The van der Waals surface area contributed by atoms with Crippen LogP contribution < -0.4 is 5.32 Å². The number of aromatic carboxylic acids is 1. The molecule has 0 bridgehead atoms. The fourth-order valence-electron chi connectivity index (χ4n) is 2.02. The zero-order valence-electron chi connectivity index (χ0n) is 9.33. The van der Waals surface area contributed by atoms with Crippen molar-refractivity contribution in [1.82, 2.24) is 10.2 Å². The number of hydrogen-bond acceptors (Lipinski definition) is 5. The molecule has 0 aliphatic heterocycles. The van der Waals surface area contributed by atoms with Gasteiger partial charge in [-0.3, -0.25) is 0 Å². The molecule has 1 aromatic rings. The number of aromatic nitrogens is 2. The molecule has 0 radical (unpaired) electrons. The Morgan fingerprint density at radius 3 is 2.76 bits per heavy atom. The Hall–Kier alpha value is -1.69. The van der Waals surface area contributed by atoms with E-state index in [0.29, 0.717) is 11.7 Å². The molecule has 0 aromatic carbocycles. The minimum Gasteiger partial charge on any atom is -0.476 e. The highest BCUT2D eigenvalue weighted by atomic mass is 16.4. The molecule has 3 N–H and O–H groups in total. The molecule has 1 aliphatic carbocycles. The lowest BCUT2D eigenvalue weighted by molar-refractivity contribution is 0.0689. The molecular formula is C11H15N3O3. The second kappa shape index (κ2) is 5.09. The van der Waals surface area contributed by atoms with Gasteiger partial charge in [-0.15, -0.1) is 10.2 Å². The molecule has 1 aromatic heterocycles. The van der Waals surface area contributed by atoms with Gasteiger partial charge in [0.1, 0.15) is 5.82 Å². The molecule has 2 rings (SSSR count). The van der Waals surface area contributed by atoms with E-state index in [1.807, 2.05) is 0 Å². The maximum absolute atomic E-state index is 10.6. The van der Waals surface area contributed by atoms with Gasteiger partial charge < -0.3 is 15.5 Å². The van der Waals surface area contributed by atoms with E-state index in [9.17, 15) is 9.90 Å². The minimum absolute atomic E-state index is 0.0631. The third-order valence-electron chi connectivity index (χ3n) is 2.97. The zero-order valence-corrected chi connectivity index (χ0v) is 9.33. The fraction of sp³-hybridized carbons (Fsp3) is 0.545. The number of nitrogens with one attached hydrogen (secondary N) is 1. The Kier molecular flexibility index (Phi) is 3.53. The number of nitrogens with zero attached hydrogens (tertiary/aromatic N) is 2. The number of aliphatic hydroxyl groups is 1. The van der Waals surface area contributed by atoms with E-state index in [1.54, 1.807) is 6.07 Å². The highest BCUT2D eigenvalue weighted by Gasteiger charge is 2.22. The van der Waals surface area contributed by atoms with Crippen LogP contribution in [-0.2, 0) is 0 Å². The first-order valence-corrected chi connectivity index (χ1v) is 5.64. The van der Waals surface area contributed by atoms with Crippen LogP contribution >= 0.6 is 0 Å². The number of carboxylic acids is 1. The van der Waals surface area contributed by atoms with Crippen molar-refractivity contribution in [1.29, 1.82) is 0 Å². The smallest absolute Gasteiger partial charge is 0.356 e. The standard InChI is InChI=1S/C11H15N3O3/c15-8-2-1-7(5-8)6-12-10-4-3-9(11(16)17)13-14-10/h3-4,7-8,15H,1-2,5-6H2,(H,12,14)(H,16,17). The van der Waals surface area contributed by atoms with Crippen LogP contribution in [0.5, 0.6) is 0 Å². The minimum atomic E-state index is -1.08. The number of anilines is 1. The largest absolute Gasteiger partial charge is 0.476 e. The molecule has 0 spiro atoms. The number of rotatable bonds is 4. The van der Waals surface area contributed by atoms with E-state index in [0.717, 1.165) is 25.8 Å². The normalized spacial score (nSPS) is 23.6. The van der Waals surface area contributed by atoms with Crippen LogP contribution in [0.15, 0.2) is 12.1 Å². The van der Waals surface area contributed by atoms with Crippen LogP contribution in [0, 0.1) is 5.92 Å². The Bertz CT molecular complexity index is 393. The predicted molar refractivity (Wildman–Crippen MR) is 60.8 cm³/mol. The highest BCUT2D eigenvalue weighted by molar-refractivity contribution is 5.85.